The van der Waals surface area contributed by atoms with Crippen LogP contribution in [0.3, 0.4) is 0 Å². The maximum atomic E-state index is 8.43. The molecule has 0 bridgehead atoms. The lowest BCUT2D eigenvalue weighted by molar-refractivity contribution is 0.669. The molecule has 0 aliphatic heterocycles. The molecule has 0 unspecified atom stereocenters. The maximum Gasteiger partial charge on any atom is 0.211 e. The molecule has 12 aromatic rings. The summed E-state index contributed by atoms with van der Waals surface area (Å²) in [5, 5.41) is 8.31. The Balaban J connectivity index is 1.14. The highest BCUT2D eigenvalue weighted by Crippen LogP contribution is 2.45. The fraction of sp³-hybridized carbons (Fsp3) is 0. The van der Waals surface area contributed by atoms with Gasteiger partial charge in [0.2, 0.25) is 5.69 Å². The van der Waals surface area contributed by atoms with E-state index in [1.54, 1.807) is 0 Å². The Morgan fingerprint density at radius 2 is 1.14 bits per heavy atom. The molecule has 4 aromatic heterocycles. The van der Waals surface area contributed by atoms with Crippen molar-refractivity contribution in [2.75, 3.05) is 0 Å². The topological polar surface area (TPSA) is 44.9 Å². The average molecular weight is 715 g/mol. The molecule has 258 valence electrons. The Bertz CT molecular complexity index is 3750. The van der Waals surface area contributed by atoms with Crippen molar-refractivity contribution in [3.63, 3.8) is 0 Å². The predicted molar refractivity (Wildman–Crippen MR) is 228 cm³/mol. The minimum Gasteiger partial charge on any atom is -0.456 e. The Morgan fingerprint density at radius 1 is 0.429 bits per heavy atom. The standard InChI is InChI=1S/C50H26N4O2/c1-51-30-21-23-42-37(26-30)38-28-47-39(34-14-5-7-19-45(34)55-47)27-44(38)54(42)49-32(16-10-17-40(49)52-2)29-11-9-12-31(25-29)53-41-18-6-3-15-36(41)48-43(53)24-22-35-33-13-4-8-20-46(33)56-50(35)48/h3-28H. The highest BCUT2D eigenvalue weighted by Gasteiger charge is 2.23. The van der Waals surface area contributed by atoms with E-state index in [9.17, 15) is 0 Å². The average Bonchev–Trinajstić information content (AvgIpc) is 3.99. The van der Waals surface area contributed by atoms with Crippen LogP contribution in [-0.2, 0) is 0 Å². The molecule has 0 aliphatic rings. The Kier molecular flexibility index (Phi) is 6.10. The summed E-state index contributed by atoms with van der Waals surface area (Å²) in [6.07, 6.45) is 0. The fourth-order valence-corrected chi connectivity index (χ4v) is 8.95. The van der Waals surface area contributed by atoms with E-state index < -0.39 is 0 Å². The Hall–Kier alpha value is -8.06. The minimum absolute atomic E-state index is 0.530. The largest absolute Gasteiger partial charge is 0.456 e. The van der Waals surface area contributed by atoms with Crippen LogP contribution in [0.2, 0.25) is 0 Å². The summed E-state index contributed by atoms with van der Waals surface area (Å²) in [6.45, 7) is 16.2. The van der Waals surface area contributed by atoms with E-state index in [2.05, 4.69) is 116 Å². The smallest absolute Gasteiger partial charge is 0.211 e. The summed E-state index contributed by atoms with van der Waals surface area (Å²) in [5.41, 5.74) is 12.1. The number of furan rings is 2. The monoisotopic (exact) mass is 714 g/mol. The number of hydrogen-bond acceptors (Lipinski definition) is 2. The number of para-hydroxylation sites is 4. The molecule has 0 saturated carbocycles. The SMILES string of the molecule is [C-]#[N+]c1ccc2c(c1)c1cc3oc4ccccc4c3cc1n2-c1c([N+]#[C-])cccc1-c1cccc(-n2c3ccccc3c3c4oc5ccccc5c4ccc32)c1. The van der Waals surface area contributed by atoms with Crippen molar-refractivity contribution in [3.8, 4) is 22.5 Å². The quantitative estimate of drug-likeness (QED) is 0.171. The van der Waals surface area contributed by atoms with Gasteiger partial charge in [-0.3, -0.25) is 0 Å². The fourth-order valence-electron chi connectivity index (χ4n) is 8.95. The van der Waals surface area contributed by atoms with E-state index in [1.165, 1.54) is 0 Å². The second-order valence-corrected chi connectivity index (χ2v) is 14.2. The van der Waals surface area contributed by atoms with Crippen LogP contribution in [0.5, 0.6) is 0 Å². The molecule has 56 heavy (non-hydrogen) atoms. The molecule has 0 saturated heterocycles. The summed E-state index contributed by atoms with van der Waals surface area (Å²) < 4.78 is 17.4. The zero-order valence-electron chi connectivity index (χ0n) is 29.6. The van der Waals surface area contributed by atoms with Gasteiger partial charge in [0.15, 0.2) is 5.69 Å². The van der Waals surface area contributed by atoms with Gasteiger partial charge in [-0.15, -0.1) is 0 Å². The lowest BCUT2D eigenvalue weighted by Crippen LogP contribution is -1.99. The Labute approximate surface area is 318 Å². The minimum atomic E-state index is 0.530. The molecule has 12 rings (SSSR count). The van der Waals surface area contributed by atoms with Crippen molar-refractivity contribution in [1.82, 2.24) is 9.13 Å². The normalized spacial score (nSPS) is 11.9. The van der Waals surface area contributed by atoms with E-state index >= 15 is 0 Å². The van der Waals surface area contributed by atoms with Crippen molar-refractivity contribution >= 4 is 98.9 Å². The van der Waals surface area contributed by atoms with E-state index in [-0.39, 0.29) is 0 Å². The molecule has 0 radical (unpaired) electrons. The van der Waals surface area contributed by atoms with E-state index in [4.69, 9.17) is 22.0 Å². The third-order valence-electron chi connectivity index (χ3n) is 11.3. The van der Waals surface area contributed by atoms with Gasteiger partial charge < -0.3 is 18.0 Å². The third kappa shape index (κ3) is 4.07. The van der Waals surface area contributed by atoms with Crippen LogP contribution in [0.15, 0.2) is 167 Å². The van der Waals surface area contributed by atoms with E-state index in [0.717, 1.165) is 110 Å². The van der Waals surface area contributed by atoms with Gasteiger partial charge in [-0.1, -0.05) is 91.0 Å². The first-order valence-electron chi connectivity index (χ1n) is 18.4. The third-order valence-corrected chi connectivity index (χ3v) is 11.3. The van der Waals surface area contributed by atoms with Crippen LogP contribution < -0.4 is 0 Å². The van der Waals surface area contributed by atoms with Gasteiger partial charge in [0.25, 0.3) is 0 Å². The zero-order chi connectivity index (χ0) is 37.1. The Morgan fingerprint density at radius 3 is 1.98 bits per heavy atom. The molecule has 8 aromatic carbocycles. The van der Waals surface area contributed by atoms with Gasteiger partial charge in [-0.05, 0) is 83.2 Å². The zero-order valence-corrected chi connectivity index (χ0v) is 29.6. The highest BCUT2D eigenvalue weighted by molar-refractivity contribution is 6.24. The van der Waals surface area contributed by atoms with Crippen LogP contribution in [0, 0.1) is 13.1 Å². The number of rotatable bonds is 3. The van der Waals surface area contributed by atoms with Gasteiger partial charge in [-0.2, -0.15) is 0 Å². The van der Waals surface area contributed by atoms with Gasteiger partial charge >= 0.3 is 0 Å². The lowest BCUT2D eigenvalue weighted by Gasteiger charge is -2.17. The number of nitrogens with zero attached hydrogens (tertiary/aromatic N) is 4. The molecule has 0 amide bonds. The molecule has 4 heterocycles. The molecule has 0 N–H and O–H groups in total. The molecule has 6 heteroatoms. The van der Waals surface area contributed by atoms with E-state index in [0.29, 0.717) is 11.4 Å². The van der Waals surface area contributed by atoms with Crippen molar-refractivity contribution in [1.29, 1.82) is 0 Å². The molecular formula is C50H26N4O2. The number of benzene rings is 8. The van der Waals surface area contributed by atoms with Crippen LogP contribution in [0.4, 0.5) is 11.4 Å². The molecule has 0 spiro atoms. The molecule has 0 atom stereocenters. The first-order chi connectivity index (χ1) is 27.7. The van der Waals surface area contributed by atoms with E-state index in [1.807, 2.05) is 60.7 Å². The van der Waals surface area contributed by atoms with Crippen LogP contribution in [-0.4, -0.2) is 9.13 Å². The second kappa shape index (κ2) is 11.2. The van der Waals surface area contributed by atoms with Gasteiger partial charge in [0.1, 0.15) is 22.3 Å². The van der Waals surface area contributed by atoms with Gasteiger partial charge in [0, 0.05) is 38.0 Å². The van der Waals surface area contributed by atoms with Crippen molar-refractivity contribution in [2.24, 2.45) is 0 Å². The summed E-state index contributed by atoms with van der Waals surface area (Å²) >= 11 is 0. The number of aromatic nitrogens is 2. The second-order valence-electron chi connectivity index (χ2n) is 14.2. The van der Waals surface area contributed by atoms with Gasteiger partial charge in [0.05, 0.1) is 46.3 Å². The lowest BCUT2D eigenvalue weighted by atomic mass is 10.0. The predicted octanol–water partition coefficient (Wildman–Crippen LogP) is 14.4. The van der Waals surface area contributed by atoms with Crippen molar-refractivity contribution < 1.29 is 8.83 Å². The summed E-state index contributed by atoms with van der Waals surface area (Å²) in [5.74, 6) is 0. The number of fused-ring (bicyclic) bond motifs is 13. The molecule has 6 nitrogen and oxygen atoms in total. The summed E-state index contributed by atoms with van der Waals surface area (Å²) in [6, 6.07) is 53.7. The molecule has 0 aliphatic carbocycles. The van der Waals surface area contributed by atoms with Gasteiger partial charge in [-0.25, -0.2) is 9.69 Å². The first-order valence-corrected chi connectivity index (χ1v) is 18.4. The highest BCUT2D eigenvalue weighted by atomic mass is 16.3. The van der Waals surface area contributed by atoms with Crippen molar-refractivity contribution in [3.05, 3.63) is 181 Å². The van der Waals surface area contributed by atoms with Crippen LogP contribution in [0.1, 0.15) is 0 Å². The number of hydrogen-bond donors (Lipinski definition) is 0. The van der Waals surface area contributed by atoms with Crippen molar-refractivity contribution in [2.45, 2.75) is 0 Å². The summed E-state index contributed by atoms with van der Waals surface area (Å²) in [7, 11) is 0. The first kappa shape index (κ1) is 30.4. The molecule has 0 fully saturated rings. The summed E-state index contributed by atoms with van der Waals surface area (Å²) in [4.78, 5) is 7.88. The van der Waals surface area contributed by atoms with Crippen LogP contribution in [0.25, 0.3) is 120 Å². The van der Waals surface area contributed by atoms with Crippen LogP contribution >= 0.6 is 0 Å². The molecular weight excluding hydrogens is 689 g/mol. The maximum absolute atomic E-state index is 8.43.